The molecular formula is C20H26BrN3O2. The molecule has 0 saturated heterocycles. The van der Waals surface area contributed by atoms with Crippen LogP contribution in [0.15, 0.2) is 58.0 Å². The van der Waals surface area contributed by atoms with Gasteiger partial charge in [0.15, 0.2) is 5.96 Å². The van der Waals surface area contributed by atoms with E-state index in [1.54, 1.807) is 0 Å². The summed E-state index contributed by atoms with van der Waals surface area (Å²) >= 11 is 3.40. The van der Waals surface area contributed by atoms with Crippen LogP contribution in [0.1, 0.15) is 32.8 Å². The summed E-state index contributed by atoms with van der Waals surface area (Å²) in [6.07, 6.45) is 0.665. The second kappa shape index (κ2) is 9.05. The van der Waals surface area contributed by atoms with Crippen LogP contribution in [0.4, 0.5) is 5.69 Å². The number of guanidine groups is 1. The molecule has 0 fully saturated rings. The van der Waals surface area contributed by atoms with Gasteiger partial charge in [0.05, 0.1) is 12.6 Å². The van der Waals surface area contributed by atoms with Crippen molar-refractivity contribution in [3.8, 4) is 5.75 Å². The second-order valence-electron chi connectivity index (χ2n) is 6.41. The van der Waals surface area contributed by atoms with Crippen molar-refractivity contribution >= 4 is 27.6 Å². The lowest BCUT2D eigenvalue weighted by Crippen LogP contribution is -2.31. The first kappa shape index (κ1) is 20.3. The molecule has 0 heterocycles. The fourth-order valence-electron chi connectivity index (χ4n) is 2.46. The van der Waals surface area contributed by atoms with E-state index < -0.39 is 5.60 Å². The second-order valence-corrected chi connectivity index (χ2v) is 7.33. The van der Waals surface area contributed by atoms with Crippen molar-refractivity contribution in [1.29, 1.82) is 0 Å². The lowest BCUT2D eigenvalue weighted by molar-refractivity contribution is 0.0424. The molecule has 1 unspecified atom stereocenters. The number of benzene rings is 2. The van der Waals surface area contributed by atoms with Gasteiger partial charge in [0, 0.05) is 10.2 Å². The standard InChI is InChI=1S/C20H26BrN3O2/c1-4-20(25,15-5-7-16(21)8-6-15)13-23-19(22)24-17-9-11-18(12-10-17)26-14(2)3/h5-12,14,25H,4,13H2,1-3H3,(H3,22,23,24). The maximum absolute atomic E-state index is 10.9. The number of aliphatic imine (C=N–C) groups is 1. The van der Waals surface area contributed by atoms with Gasteiger partial charge < -0.3 is 20.9 Å². The predicted octanol–water partition coefficient (Wildman–Crippen LogP) is 4.26. The van der Waals surface area contributed by atoms with Crippen LogP contribution >= 0.6 is 15.9 Å². The minimum absolute atomic E-state index is 0.130. The average Bonchev–Trinajstić information content (AvgIpc) is 2.61. The number of hydrogen-bond donors (Lipinski definition) is 3. The number of nitrogens with zero attached hydrogens (tertiary/aromatic N) is 1. The molecule has 140 valence electrons. The van der Waals surface area contributed by atoms with Gasteiger partial charge in [-0.3, -0.25) is 0 Å². The van der Waals surface area contributed by atoms with Gasteiger partial charge in [-0.2, -0.15) is 0 Å². The zero-order valence-electron chi connectivity index (χ0n) is 15.4. The smallest absolute Gasteiger partial charge is 0.193 e. The molecule has 0 aliphatic rings. The number of anilines is 1. The zero-order chi connectivity index (χ0) is 19.2. The predicted molar refractivity (Wildman–Crippen MR) is 111 cm³/mol. The molecule has 0 aliphatic heterocycles. The Morgan fingerprint density at radius 3 is 2.35 bits per heavy atom. The summed E-state index contributed by atoms with van der Waals surface area (Å²) in [6, 6.07) is 15.1. The summed E-state index contributed by atoms with van der Waals surface area (Å²) < 4.78 is 6.58. The summed E-state index contributed by atoms with van der Waals surface area (Å²) in [4.78, 5) is 4.32. The molecule has 6 heteroatoms. The molecule has 2 aromatic carbocycles. The minimum Gasteiger partial charge on any atom is -0.491 e. The molecule has 2 aromatic rings. The van der Waals surface area contributed by atoms with Crippen LogP contribution < -0.4 is 15.8 Å². The minimum atomic E-state index is -1.05. The Hall–Kier alpha value is -2.05. The van der Waals surface area contributed by atoms with Crippen LogP contribution in [0, 0.1) is 0 Å². The lowest BCUT2D eigenvalue weighted by atomic mass is 9.91. The molecule has 0 saturated carbocycles. The number of nitrogens with one attached hydrogen (secondary N) is 1. The molecule has 0 aliphatic carbocycles. The topological polar surface area (TPSA) is 79.9 Å². The van der Waals surface area contributed by atoms with E-state index in [1.165, 1.54) is 0 Å². The highest BCUT2D eigenvalue weighted by atomic mass is 79.9. The molecule has 0 bridgehead atoms. The molecule has 26 heavy (non-hydrogen) atoms. The lowest BCUT2D eigenvalue weighted by Gasteiger charge is -2.25. The molecule has 4 N–H and O–H groups in total. The third-order valence-electron chi connectivity index (χ3n) is 3.98. The van der Waals surface area contributed by atoms with Crippen LogP contribution in [0.2, 0.25) is 0 Å². The van der Waals surface area contributed by atoms with E-state index in [4.69, 9.17) is 10.5 Å². The quantitative estimate of drug-likeness (QED) is 0.462. The summed E-state index contributed by atoms with van der Waals surface area (Å²) in [5.41, 5.74) is 6.55. The van der Waals surface area contributed by atoms with Crippen LogP contribution in [0.25, 0.3) is 0 Å². The van der Waals surface area contributed by atoms with E-state index in [9.17, 15) is 5.11 Å². The van der Waals surface area contributed by atoms with Gasteiger partial charge in [0.1, 0.15) is 11.4 Å². The van der Waals surface area contributed by atoms with E-state index >= 15 is 0 Å². The fraction of sp³-hybridized carbons (Fsp3) is 0.350. The first-order chi connectivity index (χ1) is 12.3. The monoisotopic (exact) mass is 419 g/mol. The highest BCUT2D eigenvalue weighted by molar-refractivity contribution is 9.10. The maximum Gasteiger partial charge on any atom is 0.193 e. The Bertz CT molecular complexity index is 730. The molecule has 1 atom stereocenters. The molecule has 5 nitrogen and oxygen atoms in total. The van der Waals surface area contributed by atoms with Crippen molar-refractivity contribution in [3.63, 3.8) is 0 Å². The Labute approximate surface area is 163 Å². The largest absolute Gasteiger partial charge is 0.491 e. The molecule has 2 rings (SSSR count). The van der Waals surface area contributed by atoms with Gasteiger partial charge in [-0.1, -0.05) is 35.0 Å². The van der Waals surface area contributed by atoms with E-state index in [1.807, 2.05) is 69.3 Å². The number of aliphatic hydroxyl groups is 1. The number of halogens is 1. The van der Waals surface area contributed by atoms with Crippen LogP contribution in [-0.2, 0) is 5.60 Å². The SMILES string of the molecule is CCC(O)(CN=C(N)Nc1ccc(OC(C)C)cc1)c1ccc(Br)cc1. The van der Waals surface area contributed by atoms with Crippen molar-refractivity contribution in [3.05, 3.63) is 58.6 Å². The Kier molecular flexibility index (Phi) is 7.06. The molecule has 0 spiro atoms. The highest BCUT2D eigenvalue weighted by Crippen LogP contribution is 2.26. The Morgan fingerprint density at radius 1 is 1.19 bits per heavy atom. The van der Waals surface area contributed by atoms with E-state index in [0.29, 0.717) is 6.42 Å². The molecular weight excluding hydrogens is 394 g/mol. The van der Waals surface area contributed by atoms with Crippen molar-refractivity contribution in [2.24, 2.45) is 10.7 Å². The first-order valence-electron chi connectivity index (χ1n) is 8.64. The van der Waals surface area contributed by atoms with Gasteiger partial charge in [-0.25, -0.2) is 4.99 Å². The highest BCUT2D eigenvalue weighted by Gasteiger charge is 2.26. The first-order valence-corrected chi connectivity index (χ1v) is 9.44. The summed E-state index contributed by atoms with van der Waals surface area (Å²) in [5.74, 6) is 1.06. The van der Waals surface area contributed by atoms with Crippen LogP contribution in [-0.4, -0.2) is 23.7 Å². The molecule has 0 amide bonds. The van der Waals surface area contributed by atoms with Crippen molar-refractivity contribution in [2.45, 2.75) is 38.9 Å². The van der Waals surface area contributed by atoms with Crippen LogP contribution in [0.5, 0.6) is 5.75 Å². The van der Waals surface area contributed by atoms with Crippen molar-refractivity contribution < 1.29 is 9.84 Å². The van der Waals surface area contributed by atoms with Gasteiger partial charge >= 0.3 is 0 Å². The number of hydrogen-bond acceptors (Lipinski definition) is 3. The third-order valence-corrected chi connectivity index (χ3v) is 4.50. The van der Waals surface area contributed by atoms with Gasteiger partial charge in [0.2, 0.25) is 0 Å². The molecule has 0 radical (unpaired) electrons. The Morgan fingerprint density at radius 2 is 1.81 bits per heavy atom. The zero-order valence-corrected chi connectivity index (χ0v) is 17.0. The van der Waals surface area contributed by atoms with Gasteiger partial charge in [-0.05, 0) is 62.2 Å². The number of ether oxygens (including phenoxy) is 1. The van der Waals surface area contributed by atoms with Crippen LogP contribution in [0.3, 0.4) is 0 Å². The summed E-state index contributed by atoms with van der Waals surface area (Å²) in [6.45, 7) is 6.07. The van der Waals surface area contributed by atoms with E-state index in [-0.39, 0.29) is 18.6 Å². The van der Waals surface area contributed by atoms with E-state index in [0.717, 1.165) is 21.5 Å². The Balaban J connectivity index is 2.02. The van der Waals surface area contributed by atoms with Gasteiger partial charge in [-0.15, -0.1) is 0 Å². The fourth-order valence-corrected chi connectivity index (χ4v) is 2.72. The summed E-state index contributed by atoms with van der Waals surface area (Å²) in [5, 5.41) is 13.9. The number of nitrogens with two attached hydrogens (primary N) is 1. The number of rotatable bonds is 7. The van der Waals surface area contributed by atoms with Crippen molar-refractivity contribution in [1.82, 2.24) is 0 Å². The molecule has 0 aromatic heterocycles. The van der Waals surface area contributed by atoms with Gasteiger partial charge in [0.25, 0.3) is 0 Å². The third kappa shape index (κ3) is 5.75. The maximum atomic E-state index is 10.9. The normalized spacial score (nSPS) is 14.2. The van der Waals surface area contributed by atoms with E-state index in [2.05, 4.69) is 26.2 Å². The summed E-state index contributed by atoms with van der Waals surface area (Å²) in [7, 11) is 0. The average molecular weight is 420 g/mol. The van der Waals surface area contributed by atoms with Crippen molar-refractivity contribution in [2.75, 3.05) is 11.9 Å².